The second-order valence-electron chi connectivity index (χ2n) is 4.19. The maximum absolute atomic E-state index is 11.9. The molecular formula is C15H14Cl2N2O2. The maximum atomic E-state index is 11.9. The molecule has 0 unspecified atom stereocenters. The lowest BCUT2D eigenvalue weighted by Gasteiger charge is -2.09. The third-order valence-corrected chi connectivity index (χ3v) is 2.98. The van der Waals surface area contributed by atoms with Crippen LogP contribution in [0.1, 0.15) is 6.92 Å². The fourth-order valence-corrected chi connectivity index (χ4v) is 2.25. The third-order valence-electron chi connectivity index (χ3n) is 2.54. The monoisotopic (exact) mass is 324 g/mol. The highest BCUT2D eigenvalue weighted by molar-refractivity contribution is 6.35. The summed E-state index contributed by atoms with van der Waals surface area (Å²) in [5.74, 6) is 0.755. The van der Waals surface area contributed by atoms with Gasteiger partial charge in [-0.15, -0.1) is 0 Å². The molecule has 2 rings (SSSR count). The number of hydrogen-bond acceptors (Lipinski definition) is 2. The summed E-state index contributed by atoms with van der Waals surface area (Å²) in [7, 11) is 0. The lowest BCUT2D eigenvalue weighted by molar-refractivity contribution is 0.262. The van der Waals surface area contributed by atoms with Crippen LogP contribution in [0.5, 0.6) is 5.75 Å². The van der Waals surface area contributed by atoms with E-state index in [1.54, 1.807) is 42.5 Å². The van der Waals surface area contributed by atoms with Crippen LogP contribution >= 0.6 is 23.2 Å². The predicted octanol–water partition coefficient (Wildman–Crippen LogP) is 5.04. The number of hydrogen-bond donors (Lipinski definition) is 2. The van der Waals surface area contributed by atoms with Crippen LogP contribution < -0.4 is 15.4 Å². The Morgan fingerprint density at radius 1 is 1.00 bits per heavy atom. The zero-order chi connectivity index (χ0) is 15.2. The van der Waals surface area contributed by atoms with Gasteiger partial charge in [-0.3, -0.25) is 0 Å². The standard InChI is InChI=1S/C15H14Cl2N2O2/c1-2-21-14-5-3-12(4-6-14)18-15(20)19-13-8-10(16)7-11(17)9-13/h3-9H,2H2,1H3,(H2,18,19,20). The van der Waals surface area contributed by atoms with Crippen LogP contribution in [0.4, 0.5) is 16.2 Å². The van der Waals surface area contributed by atoms with Crippen molar-refractivity contribution in [3.8, 4) is 5.75 Å². The lowest BCUT2D eigenvalue weighted by atomic mass is 10.3. The Kier molecular flexibility index (Phi) is 5.31. The van der Waals surface area contributed by atoms with E-state index >= 15 is 0 Å². The van der Waals surface area contributed by atoms with Crippen molar-refractivity contribution in [1.82, 2.24) is 0 Å². The largest absolute Gasteiger partial charge is 0.494 e. The second kappa shape index (κ2) is 7.20. The van der Waals surface area contributed by atoms with E-state index in [1.165, 1.54) is 0 Å². The van der Waals surface area contributed by atoms with Gasteiger partial charge >= 0.3 is 6.03 Å². The first-order chi connectivity index (χ1) is 10.1. The number of carbonyl (C=O) groups excluding carboxylic acids is 1. The normalized spacial score (nSPS) is 10.0. The summed E-state index contributed by atoms with van der Waals surface area (Å²) in [6.45, 7) is 2.51. The van der Waals surface area contributed by atoms with Crippen LogP contribution in [0.25, 0.3) is 0 Å². The summed E-state index contributed by atoms with van der Waals surface area (Å²) in [5, 5.41) is 6.28. The van der Waals surface area contributed by atoms with Crippen molar-refractivity contribution in [1.29, 1.82) is 0 Å². The smallest absolute Gasteiger partial charge is 0.323 e. The maximum Gasteiger partial charge on any atom is 0.323 e. The first kappa shape index (κ1) is 15.5. The quantitative estimate of drug-likeness (QED) is 0.828. The van der Waals surface area contributed by atoms with Gasteiger partial charge in [-0.1, -0.05) is 23.2 Å². The van der Waals surface area contributed by atoms with Crippen molar-refractivity contribution in [2.75, 3.05) is 17.2 Å². The van der Waals surface area contributed by atoms with Crippen molar-refractivity contribution in [2.45, 2.75) is 6.92 Å². The van der Waals surface area contributed by atoms with Gasteiger partial charge in [-0.25, -0.2) is 4.79 Å². The summed E-state index contributed by atoms with van der Waals surface area (Å²) in [6, 6.07) is 11.5. The van der Waals surface area contributed by atoms with Gasteiger partial charge in [0.25, 0.3) is 0 Å². The number of rotatable bonds is 4. The molecule has 2 aromatic rings. The number of anilines is 2. The first-order valence-electron chi connectivity index (χ1n) is 6.34. The van der Waals surface area contributed by atoms with E-state index in [1.807, 2.05) is 6.92 Å². The molecule has 0 heterocycles. The van der Waals surface area contributed by atoms with E-state index in [0.29, 0.717) is 28.0 Å². The molecule has 21 heavy (non-hydrogen) atoms. The van der Waals surface area contributed by atoms with Crippen molar-refractivity contribution in [3.05, 3.63) is 52.5 Å². The zero-order valence-corrected chi connectivity index (χ0v) is 12.8. The highest BCUT2D eigenvalue weighted by Crippen LogP contribution is 2.22. The average molecular weight is 325 g/mol. The molecule has 2 amide bonds. The molecule has 0 saturated heterocycles. The molecule has 0 saturated carbocycles. The minimum atomic E-state index is -0.377. The number of amides is 2. The number of benzene rings is 2. The number of halogens is 2. The fourth-order valence-electron chi connectivity index (χ4n) is 1.72. The van der Waals surface area contributed by atoms with Crippen LogP contribution in [0, 0.1) is 0 Å². The zero-order valence-electron chi connectivity index (χ0n) is 11.3. The molecule has 6 heteroatoms. The molecule has 2 N–H and O–H groups in total. The van der Waals surface area contributed by atoms with Crippen molar-refractivity contribution < 1.29 is 9.53 Å². The molecule has 0 fully saturated rings. The molecule has 0 atom stereocenters. The van der Waals surface area contributed by atoms with Crippen LogP contribution in [0.15, 0.2) is 42.5 Å². The van der Waals surface area contributed by atoms with E-state index < -0.39 is 0 Å². The molecule has 0 aliphatic heterocycles. The van der Waals surface area contributed by atoms with Gasteiger partial charge in [-0.2, -0.15) is 0 Å². The molecule has 0 aliphatic rings. The summed E-state index contributed by atoms with van der Waals surface area (Å²) >= 11 is 11.7. The highest BCUT2D eigenvalue weighted by Gasteiger charge is 2.05. The molecule has 0 spiro atoms. The minimum absolute atomic E-state index is 0.377. The molecular weight excluding hydrogens is 311 g/mol. The highest BCUT2D eigenvalue weighted by atomic mass is 35.5. The molecule has 0 bridgehead atoms. The van der Waals surface area contributed by atoms with Gasteiger partial charge in [0.15, 0.2) is 0 Å². The number of urea groups is 1. The van der Waals surface area contributed by atoms with E-state index in [9.17, 15) is 4.79 Å². The summed E-state index contributed by atoms with van der Waals surface area (Å²) in [4.78, 5) is 11.9. The van der Waals surface area contributed by atoms with Gasteiger partial charge in [0, 0.05) is 21.4 Å². The molecule has 0 radical (unpaired) electrons. The molecule has 110 valence electrons. The van der Waals surface area contributed by atoms with Crippen molar-refractivity contribution in [3.63, 3.8) is 0 Å². The minimum Gasteiger partial charge on any atom is -0.494 e. The molecule has 0 aromatic heterocycles. The first-order valence-corrected chi connectivity index (χ1v) is 7.09. The molecule has 4 nitrogen and oxygen atoms in total. The number of nitrogens with one attached hydrogen (secondary N) is 2. The Bertz CT molecular complexity index is 610. The van der Waals surface area contributed by atoms with Crippen LogP contribution in [-0.4, -0.2) is 12.6 Å². The number of carbonyl (C=O) groups is 1. The third kappa shape index (κ3) is 4.85. The summed E-state index contributed by atoms with van der Waals surface area (Å²) < 4.78 is 5.33. The Hall–Kier alpha value is -1.91. The number of ether oxygens (including phenoxy) is 1. The van der Waals surface area contributed by atoms with Crippen molar-refractivity contribution >= 4 is 40.6 Å². The Morgan fingerprint density at radius 3 is 2.14 bits per heavy atom. The van der Waals surface area contributed by atoms with Crippen molar-refractivity contribution in [2.24, 2.45) is 0 Å². The van der Waals surface area contributed by atoms with E-state index in [4.69, 9.17) is 27.9 Å². The molecule has 2 aromatic carbocycles. The van der Waals surface area contributed by atoms with E-state index in [2.05, 4.69) is 10.6 Å². The van der Waals surface area contributed by atoms with Gasteiger partial charge in [0.1, 0.15) is 5.75 Å². The lowest BCUT2D eigenvalue weighted by Crippen LogP contribution is -2.19. The Labute approximate surface area is 133 Å². The molecule has 0 aliphatic carbocycles. The van der Waals surface area contributed by atoms with Gasteiger partial charge < -0.3 is 15.4 Å². The van der Waals surface area contributed by atoms with Crippen LogP contribution in [0.2, 0.25) is 10.0 Å². The van der Waals surface area contributed by atoms with Gasteiger partial charge in [0.2, 0.25) is 0 Å². The van der Waals surface area contributed by atoms with Gasteiger partial charge in [-0.05, 0) is 49.4 Å². The van der Waals surface area contributed by atoms with Gasteiger partial charge in [0.05, 0.1) is 6.61 Å². The summed E-state index contributed by atoms with van der Waals surface area (Å²) in [5.41, 5.74) is 1.18. The SMILES string of the molecule is CCOc1ccc(NC(=O)Nc2cc(Cl)cc(Cl)c2)cc1. The topological polar surface area (TPSA) is 50.4 Å². The second-order valence-corrected chi connectivity index (χ2v) is 5.07. The summed E-state index contributed by atoms with van der Waals surface area (Å²) in [6.07, 6.45) is 0. The van der Waals surface area contributed by atoms with E-state index in [-0.39, 0.29) is 6.03 Å². The van der Waals surface area contributed by atoms with Crippen LogP contribution in [-0.2, 0) is 0 Å². The Morgan fingerprint density at radius 2 is 1.57 bits per heavy atom. The fraction of sp³-hybridized carbons (Fsp3) is 0.133. The Balaban J connectivity index is 1.97. The average Bonchev–Trinajstić information content (AvgIpc) is 2.40. The van der Waals surface area contributed by atoms with Crippen LogP contribution in [0.3, 0.4) is 0 Å². The van der Waals surface area contributed by atoms with E-state index in [0.717, 1.165) is 5.75 Å². The predicted molar refractivity (Wildman–Crippen MR) is 86.7 cm³/mol.